The third-order valence-electron chi connectivity index (χ3n) is 4.52. The van der Waals surface area contributed by atoms with Crippen LogP contribution in [-0.2, 0) is 11.3 Å². The second kappa shape index (κ2) is 7.40. The molecule has 0 amide bonds. The molecule has 0 aliphatic carbocycles. The molecule has 22 heavy (non-hydrogen) atoms. The van der Waals surface area contributed by atoms with Gasteiger partial charge < -0.3 is 4.74 Å². The Balaban J connectivity index is 1.54. The maximum absolute atomic E-state index is 5.88. The van der Waals surface area contributed by atoms with Crippen LogP contribution in [0.5, 0.6) is 0 Å². The lowest BCUT2D eigenvalue weighted by Crippen LogP contribution is -2.46. The monoisotopic (exact) mass is 304 g/mol. The molecule has 0 N–H and O–H groups in total. The molecule has 1 aromatic rings. The van der Waals surface area contributed by atoms with Crippen LogP contribution in [0.15, 0.2) is 24.4 Å². The highest BCUT2D eigenvalue weighted by Gasteiger charge is 2.22. The number of aromatic nitrogens is 2. The molecule has 122 valence electrons. The van der Waals surface area contributed by atoms with E-state index in [9.17, 15) is 0 Å². The third kappa shape index (κ3) is 3.97. The predicted octanol–water partition coefficient (Wildman–Crippen LogP) is 2.28. The molecule has 1 aromatic heterocycles. The first-order valence-electron chi connectivity index (χ1n) is 8.45. The molecule has 0 bridgehead atoms. The van der Waals surface area contributed by atoms with Gasteiger partial charge in [0, 0.05) is 52.1 Å². The predicted molar refractivity (Wildman–Crippen MR) is 87.6 cm³/mol. The van der Waals surface area contributed by atoms with Crippen LogP contribution in [-0.4, -0.2) is 58.9 Å². The minimum Gasteiger partial charge on any atom is -0.357 e. The highest BCUT2D eigenvalue weighted by Crippen LogP contribution is 2.23. The summed E-state index contributed by atoms with van der Waals surface area (Å²) >= 11 is 0. The van der Waals surface area contributed by atoms with E-state index in [1.165, 1.54) is 24.1 Å². The van der Waals surface area contributed by atoms with Crippen molar-refractivity contribution in [2.75, 3.05) is 39.3 Å². The minimum absolute atomic E-state index is 0.142. The molecule has 0 aromatic carbocycles. The van der Waals surface area contributed by atoms with Gasteiger partial charge in [-0.3, -0.25) is 9.80 Å². The van der Waals surface area contributed by atoms with Crippen molar-refractivity contribution in [2.24, 2.45) is 0 Å². The van der Waals surface area contributed by atoms with Crippen LogP contribution in [0.25, 0.3) is 0 Å². The molecule has 0 spiro atoms. The summed E-state index contributed by atoms with van der Waals surface area (Å²) in [5.41, 5.74) is 2.53. The van der Waals surface area contributed by atoms with Gasteiger partial charge in [-0.2, -0.15) is 5.10 Å². The van der Waals surface area contributed by atoms with Crippen LogP contribution in [0.2, 0.25) is 0 Å². The Kier molecular flexibility index (Phi) is 5.28. The normalized spacial score (nSPS) is 24.5. The summed E-state index contributed by atoms with van der Waals surface area (Å²) in [7, 11) is 0. The summed E-state index contributed by atoms with van der Waals surface area (Å²) < 4.78 is 7.97. The van der Waals surface area contributed by atoms with Gasteiger partial charge in [0.15, 0.2) is 6.23 Å². The highest BCUT2D eigenvalue weighted by molar-refractivity contribution is 5.02. The Morgan fingerprint density at radius 3 is 2.73 bits per heavy atom. The maximum Gasteiger partial charge on any atom is 0.150 e. The number of hydrogen-bond donors (Lipinski definition) is 0. The summed E-state index contributed by atoms with van der Waals surface area (Å²) in [6, 6.07) is 2.14. The second-order valence-corrected chi connectivity index (χ2v) is 6.60. The van der Waals surface area contributed by atoms with E-state index in [1.54, 1.807) is 0 Å². The van der Waals surface area contributed by atoms with Crippen molar-refractivity contribution in [3.05, 3.63) is 30.1 Å². The summed E-state index contributed by atoms with van der Waals surface area (Å²) in [5, 5.41) is 4.50. The van der Waals surface area contributed by atoms with Crippen molar-refractivity contribution >= 4 is 0 Å². The molecule has 0 radical (unpaired) electrons. The average molecular weight is 304 g/mol. The molecule has 3 heterocycles. The number of ether oxygens (including phenoxy) is 1. The van der Waals surface area contributed by atoms with Crippen molar-refractivity contribution in [1.82, 2.24) is 19.6 Å². The van der Waals surface area contributed by atoms with Gasteiger partial charge in [0.1, 0.15) is 0 Å². The molecular weight excluding hydrogens is 276 g/mol. The molecule has 2 aliphatic rings. The molecule has 2 saturated heterocycles. The molecule has 0 saturated carbocycles. The molecule has 1 atom stereocenters. The van der Waals surface area contributed by atoms with Crippen molar-refractivity contribution in [3.8, 4) is 0 Å². The topological polar surface area (TPSA) is 33.5 Å². The Hall–Kier alpha value is -1.17. The summed E-state index contributed by atoms with van der Waals surface area (Å²) in [6.07, 6.45) is 5.55. The molecule has 0 unspecified atom stereocenters. The molecule has 5 nitrogen and oxygen atoms in total. The van der Waals surface area contributed by atoms with Crippen LogP contribution >= 0.6 is 0 Å². The molecule has 2 aliphatic heterocycles. The summed E-state index contributed by atoms with van der Waals surface area (Å²) in [4.78, 5) is 5.01. The van der Waals surface area contributed by atoms with E-state index in [1.807, 2.05) is 6.20 Å². The quantitative estimate of drug-likeness (QED) is 0.782. The van der Waals surface area contributed by atoms with E-state index in [2.05, 4.69) is 39.1 Å². The standard InChI is InChI=1S/C17H28N4O/c1-15(2)13-19-8-10-20(11-9-19)14-16-6-7-18-21(16)17-5-3-4-12-22-17/h6-7,17H,1,3-5,8-14H2,2H3/t17-/m1/s1. The number of nitrogens with zero attached hydrogens (tertiary/aromatic N) is 4. The van der Waals surface area contributed by atoms with Crippen molar-refractivity contribution in [2.45, 2.75) is 39.0 Å². The van der Waals surface area contributed by atoms with Crippen LogP contribution in [0.1, 0.15) is 38.1 Å². The lowest BCUT2D eigenvalue weighted by atomic mass is 10.2. The van der Waals surface area contributed by atoms with E-state index >= 15 is 0 Å². The lowest BCUT2D eigenvalue weighted by Gasteiger charge is -2.35. The van der Waals surface area contributed by atoms with Gasteiger partial charge in [-0.05, 0) is 32.3 Å². The smallest absolute Gasteiger partial charge is 0.150 e. The lowest BCUT2D eigenvalue weighted by molar-refractivity contribution is -0.0423. The fourth-order valence-electron chi connectivity index (χ4n) is 3.36. The number of rotatable bonds is 5. The van der Waals surface area contributed by atoms with Gasteiger partial charge in [-0.15, -0.1) is 0 Å². The van der Waals surface area contributed by atoms with E-state index < -0.39 is 0 Å². The molecule has 2 fully saturated rings. The number of piperazine rings is 1. The highest BCUT2D eigenvalue weighted by atomic mass is 16.5. The minimum atomic E-state index is 0.142. The van der Waals surface area contributed by atoms with Gasteiger partial charge in [0.05, 0.1) is 5.69 Å². The zero-order chi connectivity index (χ0) is 15.4. The van der Waals surface area contributed by atoms with Crippen molar-refractivity contribution in [3.63, 3.8) is 0 Å². The largest absolute Gasteiger partial charge is 0.357 e. The van der Waals surface area contributed by atoms with Crippen molar-refractivity contribution < 1.29 is 4.74 Å². The van der Waals surface area contributed by atoms with Gasteiger partial charge in [0.25, 0.3) is 0 Å². The molecule has 3 rings (SSSR count). The SMILES string of the molecule is C=C(C)CN1CCN(Cc2ccnn2[C@H]2CCCCO2)CC1. The molecular formula is C17H28N4O. The Morgan fingerprint density at radius 1 is 1.27 bits per heavy atom. The fraction of sp³-hybridized carbons (Fsp3) is 0.706. The Labute approximate surface area is 133 Å². The van der Waals surface area contributed by atoms with Gasteiger partial charge in [-0.25, -0.2) is 4.68 Å². The van der Waals surface area contributed by atoms with E-state index in [4.69, 9.17) is 4.74 Å². The first-order valence-corrected chi connectivity index (χ1v) is 8.45. The first-order chi connectivity index (χ1) is 10.7. The van der Waals surface area contributed by atoms with Crippen LogP contribution < -0.4 is 0 Å². The van der Waals surface area contributed by atoms with Gasteiger partial charge in [0.2, 0.25) is 0 Å². The zero-order valence-corrected chi connectivity index (χ0v) is 13.7. The first kappa shape index (κ1) is 15.7. The van der Waals surface area contributed by atoms with Gasteiger partial charge in [-0.1, -0.05) is 12.2 Å². The van der Waals surface area contributed by atoms with E-state index in [-0.39, 0.29) is 6.23 Å². The Bertz CT molecular complexity index is 485. The van der Waals surface area contributed by atoms with Gasteiger partial charge >= 0.3 is 0 Å². The average Bonchev–Trinajstić information content (AvgIpc) is 2.98. The van der Waals surface area contributed by atoms with E-state index in [0.717, 1.165) is 52.3 Å². The van der Waals surface area contributed by atoms with Crippen LogP contribution in [0.4, 0.5) is 0 Å². The zero-order valence-electron chi connectivity index (χ0n) is 13.7. The van der Waals surface area contributed by atoms with Crippen LogP contribution in [0.3, 0.4) is 0 Å². The Morgan fingerprint density at radius 2 is 2.05 bits per heavy atom. The second-order valence-electron chi connectivity index (χ2n) is 6.60. The molecule has 5 heteroatoms. The summed E-state index contributed by atoms with van der Waals surface area (Å²) in [5.74, 6) is 0. The third-order valence-corrected chi connectivity index (χ3v) is 4.52. The summed E-state index contributed by atoms with van der Waals surface area (Å²) in [6.45, 7) is 13.5. The number of hydrogen-bond acceptors (Lipinski definition) is 4. The fourth-order valence-corrected chi connectivity index (χ4v) is 3.36. The van der Waals surface area contributed by atoms with E-state index in [0.29, 0.717) is 0 Å². The van der Waals surface area contributed by atoms with Crippen LogP contribution in [0, 0.1) is 0 Å². The van der Waals surface area contributed by atoms with Crippen molar-refractivity contribution in [1.29, 1.82) is 0 Å². The maximum atomic E-state index is 5.88.